The summed E-state index contributed by atoms with van der Waals surface area (Å²) in [5, 5.41) is 6.58. The van der Waals surface area contributed by atoms with E-state index in [-0.39, 0.29) is 48.4 Å². The number of rotatable bonds is 4. The monoisotopic (exact) mass is 553 g/mol. The van der Waals surface area contributed by atoms with Gasteiger partial charge < -0.3 is 20.4 Å². The quantitative estimate of drug-likeness (QED) is 0.342. The summed E-state index contributed by atoms with van der Waals surface area (Å²) in [6.07, 6.45) is 8.62. The maximum absolute atomic E-state index is 12.9. The first kappa shape index (κ1) is 24.8. The van der Waals surface area contributed by atoms with Crippen LogP contribution in [0.1, 0.15) is 50.5 Å². The maximum atomic E-state index is 12.9. The summed E-state index contributed by atoms with van der Waals surface area (Å²) < 4.78 is 0. The van der Waals surface area contributed by atoms with Crippen molar-refractivity contribution in [3.63, 3.8) is 0 Å². The van der Waals surface area contributed by atoms with Crippen molar-refractivity contribution in [1.29, 1.82) is 0 Å². The van der Waals surface area contributed by atoms with E-state index < -0.39 is 0 Å². The molecule has 1 saturated heterocycles. The Bertz CT molecular complexity index is 824. The standard InChI is InChI=1S/C24H35N5O2.HI/c1-25-24(26-16-22(30)29-14-7-11-18-8-5-6-12-21(18)29)27-20-13-15-28(17-20)23(31)19-9-3-2-4-10-19;/h5-6,8,12,19-20H,2-4,7,9-11,13-17H2,1H3,(H2,25,26,27);1H. The molecule has 3 aliphatic rings. The lowest BCUT2D eigenvalue weighted by Crippen LogP contribution is -2.49. The minimum Gasteiger partial charge on any atom is -0.352 e. The zero-order valence-electron chi connectivity index (χ0n) is 19.0. The van der Waals surface area contributed by atoms with Crippen molar-refractivity contribution in [2.24, 2.45) is 10.9 Å². The fraction of sp³-hybridized carbons (Fsp3) is 0.625. The number of aryl methyl sites for hydroxylation is 1. The molecule has 2 heterocycles. The average Bonchev–Trinajstić information content (AvgIpc) is 3.29. The molecule has 2 amide bonds. The molecule has 176 valence electrons. The largest absolute Gasteiger partial charge is 0.352 e. The number of hydrogen-bond donors (Lipinski definition) is 2. The molecule has 1 aliphatic carbocycles. The molecule has 2 N–H and O–H groups in total. The molecule has 4 rings (SSSR count). The fourth-order valence-corrected chi connectivity index (χ4v) is 5.12. The lowest BCUT2D eigenvalue weighted by Gasteiger charge is -2.30. The molecule has 1 atom stereocenters. The second kappa shape index (κ2) is 11.9. The van der Waals surface area contributed by atoms with Crippen LogP contribution < -0.4 is 15.5 Å². The number of halogens is 1. The van der Waals surface area contributed by atoms with Gasteiger partial charge in [0.05, 0.1) is 6.54 Å². The van der Waals surface area contributed by atoms with Gasteiger partial charge in [0.1, 0.15) is 0 Å². The predicted octanol–water partition coefficient (Wildman–Crippen LogP) is 2.93. The Morgan fingerprint density at radius 1 is 1.06 bits per heavy atom. The third-order valence-electron chi connectivity index (χ3n) is 6.84. The van der Waals surface area contributed by atoms with Gasteiger partial charge >= 0.3 is 0 Å². The van der Waals surface area contributed by atoms with Crippen LogP contribution in [0.25, 0.3) is 0 Å². The molecular weight excluding hydrogens is 517 g/mol. The van der Waals surface area contributed by atoms with Crippen LogP contribution in [0.5, 0.6) is 0 Å². The Hall–Kier alpha value is -1.84. The van der Waals surface area contributed by atoms with Crippen LogP contribution in [0.2, 0.25) is 0 Å². The molecule has 8 heteroatoms. The zero-order valence-corrected chi connectivity index (χ0v) is 21.3. The van der Waals surface area contributed by atoms with E-state index in [2.05, 4.69) is 21.7 Å². The van der Waals surface area contributed by atoms with E-state index in [9.17, 15) is 9.59 Å². The molecule has 1 unspecified atom stereocenters. The van der Waals surface area contributed by atoms with Crippen LogP contribution in [0.15, 0.2) is 29.3 Å². The zero-order chi connectivity index (χ0) is 21.6. The van der Waals surface area contributed by atoms with Gasteiger partial charge in [-0.05, 0) is 43.7 Å². The lowest BCUT2D eigenvalue weighted by atomic mass is 9.88. The van der Waals surface area contributed by atoms with Gasteiger partial charge in [0.25, 0.3) is 0 Å². The van der Waals surface area contributed by atoms with Crippen molar-refractivity contribution < 1.29 is 9.59 Å². The minimum absolute atomic E-state index is 0. The minimum atomic E-state index is 0. The van der Waals surface area contributed by atoms with Crippen LogP contribution in [0, 0.1) is 5.92 Å². The van der Waals surface area contributed by atoms with Gasteiger partial charge in [-0.3, -0.25) is 14.6 Å². The van der Waals surface area contributed by atoms with Gasteiger partial charge in [-0.15, -0.1) is 24.0 Å². The number of anilines is 1. The van der Waals surface area contributed by atoms with Crippen LogP contribution in [-0.2, 0) is 16.0 Å². The van der Waals surface area contributed by atoms with Gasteiger partial charge in [-0.25, -0.2) is 0 Å². The molecule has 0 spiro atoms. The number of fused-ring (bicyclic) bond motifs is 1. The number of para-hydroxylation sites is 1. The molecular formula is C24H36IN5O2. The molecule has 1 saturated carbocycles. The number of carbonyl (C=O) groups is 2. The summed E-state index contributed by atoms with van der Waals surface area (Å²) in [6.45, 7) is 2.47. The number of carbonyl (C=O) groups excluding carboxylic acids is 2. The van der Waals surface area contributed by atoms with Crippen molar-refractivity contribution in [2.75, 3.05) is 38.1 Å². The molecule has 32 heavy (non-hydrogen) atoms. The van der Waals surface area contributed by atoms with Gasteiger partial charge in [-0.1, -0.05) is 37.5 Å². The number of nitrogens with zero attached hydrogens (tertiary/aromatic N) is 3. The summed E-state index contributed by atoms with van der Waals surface area (Å²) in [4.78, 5) is 33.8. The van der Waals surface area contributed by atoms with Gasteiger partial charge in [0, 0.05) is 44.3 Å². The topological polar surface area (TPSA) is 77.0 Å². The summed E-state index contributed by atoms with van der Waals surface area (Å²) >= 11 is 0. The highest BCUT2D eigenvalue weighted by molar-refractivity contribution is 14.0. The van der Waals surface area contributed by atoms with Crippen molar-refractivity contribution in [3.05, 3.63) is 29.8 Å². The second-order valence-electron chi connectivity index (χ2n) is 8.95. The van der Waals surface area contributed by atoms with E-state index in [1.807, 2.05) is 28.0 Å². The van der Waals surface area contributed by atoms with Gasteiger partial charge in [-0.2, -0.15) is 0 Å². The summed E-state index contributed by atoms with van der Waals surface area (Å²) in [6, 6.07) is 8.31. The number of guanidine groups is 1. The molecule has 0 aromatic heterocycles. The second-order valence-corrected chi connectivity index (χ2v) is 8.95. The Kier molecular flexibility index (Phi) is 9.19. The number of benzene rings is 1. The first-order valence-electron chi connectivity index (χ1n) is 11.8. The Morgan fingerprint density at radius 2 is 1.84 bits per heavy atom. The van der Waals surface area contributed by atoms with Crippen molar-refractivity contribution in [3.8, 4) is 0 Å². The Balaban J connectivity index is 0.00000289. The molecule has 0 radical (unpaired) electrons. The molecule has 1 aromatic carbocycles. The fourth-order valence-electron chi connectivity index (χ4n) is 5.12. The Labute approximate surface area is 208 Å². The molecule has 2 aliphatic heterocycles. The third-order valence-corrected chi connectivity index (χ3v) is 6.84. The van der Waals surface area contributed by atoms with Crippen molar-refractivity contribution in [1.82, 2.24) is 15.5 Å². The van der Waals surface area contributed by atoms with Crippen LogP contribution in [0.3, 0.4) is 0 Å². The van der Waals surface area contributed by atoms with Crippen molar-refractivity contribution >= 4 is 47.4 Å². The van der Waals surface area contributed by atoms with E-state index in [0.717, 1.165) is 50.9 Å². The smallest absolute Gasteiger partial charge is 0.246 e. The van der Waals surface area contributed by atoms with Crippen LogP contribution in [-0.4, -0.2) is 61.9 Å². The number of amides is 2. The number of likely N-dealkylation sites (tertiary alicyclic amines) is 1. The molecule has 1 aromatic rings. The maximum Gasteiger partial charge on any atom is 0.246 e. The number of aliphatic imine (C=N–C) groups is 1. The SMILES string of the molecule is CN=C(NCC(=O)N1CCCc2ccccc21)NC1CCN(C(=O)C2CCCCC2)C1.I. The van der Waals surface area contributed by atoms with Crippen molar-refractivity contribution in [2.45, 2.75) is 57.4 Å². The summed E-state index contributed by atoms with van der Waals surface area (Å²) in [7, 11) is 1.72. The normalized spacial score (nSPS) is 21.5. The first-order chi connectivity index (χ1) is 15.2. The predicted molar refractivity (Wildman–Crippen MR) is 139 cm³/mol. The van der Waals surface area contributed by atoms with Gasteiger partial charge in [0.15, 0.2) is 5.96 Å². The number of hydrogen-bond acceptors (Lipinski definition) is 3. The molecule has 0 bridgehead atoms. The van der Waals surface area contributed by atoms with E-state index in [1.165, 1.54) is 24.8 Å². The molecule has 2 fully saturated rings. The average molecular weight is 553 g/mol. The Morgan fingerprint density at radius 3 is 2.62 bits per heavy atom. The summed E-state index contributed by atoms with van der Waals surface area (Å²) in [5.41, 5.74) is 2.26. The van der Waals surface area contributed by atoms with Gasteiger partial charge in [0.2, 0.25) is 11.8 Å². The highest BCUT2D eigenvalue weighted by Gasteiger charge is 2.32. The summed E-state index contributed by atoms with van der Waals surface area (Å²) in [5.74, 6) is 1.21. The van der Waals surface area contributed by atoms with Crippen LogP contribution in [0.4, 0.5) is 5.69 Å². The van der Waals surface area contributed by atoms with Crippen LogP contribution >= 0.6 is 24.0 Å². The highest BCUT2D eigenvalue weighted by atomic mass is 127. The van der Waals surface area contributed by atoms with E-state index in [1.54, 1.807) is 7.05 Å². The van der Waals surface area contributed by atoms with E-state index in [0.29, 0.717) is 18.4 Å². The number of nitrogens with one attached hydrogen (secondary N) is 2. The lowest BCUT2D eigenvalue weighted by molar-refractivity contribution is -0.135. The third kappa shape index (κ3) is 5.94. The first-order valence-corrected chi connectivity index (χ1v) is 11.8. The highest BCUT2D eigenvalue weighted by Crippen LogP contribution is 2.27. The molecule has 7 nitrogen and oxygen atoms in total. The van der Waals surface area contributed by atoms with E-state index >= 15 is 0 Å². The van der Waals surface area contributed by atoms with E-state index in [4.69, 9.17) is 0 Å².